The molecule has 1 saturated carbocycles. The lowest BCUT2D eigenvalue weighted by atomic mass is 9.78. The largest absolute Gasteiger partial charge is 0.497 e. The number of rotatable bonds is 5. The van der Waals surface area contributed by atoms with Gasteiger partial charge in [0.25, 0.3) is 0 Å². The summed E-state index contributed by atoms with van der Waals surface area (Å²) in [6.07, 6.45) is 12.4. The Balaban J connectivity index is 1.54. The van der Waals surface area contributed by atoms with E-state index in [1.54, 1.807) is 7.11 Å². The molecule has 0 N–H and O–H groups in total. The molecule has 1 atom stereocenters. The van der Waals surface area contributed by atoms with Crippen molar-refractivity contribution in [1.82, 2.24) is 4.90 Å². The minimum absolute atomic E-state index is 0.656. The average Bonchev–Trinajstić information content (AvgIpc) is 2.60. The summed E-state index contributed by atoms with van der Waals surface area (Å²) < 4.78 is 5.32. The molecule has 0 amide bonds. The first kappa shape index (κ1) is 16.2. The number of nitrogens with zero attached hydrogens (tertiary/aromatic N) is 1. The Hall–Kier alpha value is -1.28. The zero-order valence-electron chi connectivity index (χ0n) is 15.1. The Kier molecular flexibility index (Phi) is 4.93. The predicted octanol–water partition coefficient (Wildman–Crippen LogP) is 4.98. The third-order valence-electron chi connectivity index (χ3n) is 6.48. The van der Waals surface area contributed by atoms with Crippen molar-refractivity contribution in [3.8, 4) is 5.75 Å². The zero-order valence-corrected chi connectivity index (χ0v) is 15.1. The van der Waals surface area contributed by atoms with Crippen LogP contribution in [0.3, 0.4) is 0 Å². The summed E-state index contributed by atoms with van der Waals surface area (Å²) >= 11 is 0. The van der Waals surface area contributed by atoms with Gasteiger partial charge in [0.1, 0.15) is 5.75 Å². The highest BCUT2D eigenvalue weighted by Crippen LogP contribution is 2.38. The van der Waals surface area contributed by atoms with Crippen molar-refractivity contribution in [3.05, 3.63) is 41.0 Å². The quantitative estimate of drug-likeness (QED) is 0.708. The molecular formula is C22H31NO. The minimum Gasteiger partial charge on any atom is -0.497 e. The van der Waals surface area contributed by atoms with Crippen LogP contribution in [0.2, 0.25) is 0 Å². The van der Waals surface area contributed by atoms with E-state index in [0.717, 1.165) is 11.7 Å². The van der Waals surface area contributed by atoms with Crippen LogP contribution in [0.4, 0.5) is 0 Å². The standard InChI is InChI=1S/C22H31NO/c1-24-20-11-9-17(10-12-20)15-22-21-8-3-2-7-19(21)13-14-23(22)16-18-5-4-6-18/h9-12,18,22H,2-8,13-16H2,1H3/t22-/m1/s1. The Labute approximate surface area is 146 Å². The SMILES string of the molecule is COc1ccc(C[C@@H]2C3=C(CCCC3)CCN2CC2CCC2)cc1. The van der Waals surface area contributed by atoms with Crippen molar-refractivity contribution in [2.24, 2.45) is 5.92 Å². The number of hydrogen-bond donors (Lipinski definition) is 0. The second-order valence-electron chi connectivity index (χ2n) is 7.95. The van der Waals surface area contributed by atoms with E-state index < -0.39 is 0 Å². The maximum atomic E-state index is 5.32. The van der Waals surface area contributed by atoms with Crippen LogP contribution in [0.1, 0.15) is 56.9 Å². The van der Waals surface area contributed by atoms with Gasteiger partial charge in [-0.1, -0.05) is 29.7 Å². The molecule has 0 bridgehead atoms. The molecule has 1 heterocycles. The van der Waals surface area contributed by atoms with Crippen molar-refractivity contribution in [3.63, 3.8) is 0 Å². The first-order chi connectivity index (χ1) is 11.8. The fourth-order valence-corrected chi connectivity index (χ4v) is 4.80. The van der Waals surface area contributed by atoms with Gasteiger partial charge in [-0.3, -0.25) is 4.90 Å². The summed E-state index contributed by atoms with van der Waals surface area (Å²) in [5.41, 5.74) is 5.07. The second kappa shape index (κ2) is 7.31. The van der Waals surface area contributed by atoms with E-state index in [2.05, 4.69) is 29.2 Å². The molecule has 2 aliphatic carbocycles. The van der Waals surface area contributed by atoms with Crippen LogP contribution in [0.15, 0.2) is 35.4 Å². The Morgan fingerprint density at radius 2 is 1.79 bits per heavy atom. The molecule has 1 aliphatic heterocycles. The molecule has 0 unspecified atom stereocenters. The number of methoxy groups -OCH3 is 1. The summed E-state index contributed by atoms with van der Waals surface area (Å²) in [6, 6.07) is 9.41. The topological polar surface area (TPSA) is 12.5 Å². The summed E-state index contributed by atoms with van der Waals surface area (Å²) in [5, 5.41) is 0. The van der Waals surface area contributed by atoms with Crippen molar-refractivity contribution < 1.29 is 4.74 Å². The molecule has 2 nitrogen and oxygen atoms in total. The van der Waals surface area contributed by atoms with Crippen LogP contribution in [-0.4, -0.2) is 31.1 Å². The van der Waals surface area contributed by atoms with Crippen LogP contribution in [0, 0.1) is 5.92 Å². The maximum absolute atomic E-state index is 5.32. The van der Waals surface area contributed by atoms with E-state index in [1.807, 2.05) is 11.1 Å². The molecule has 1 aromatic carbocycles. The van der Waals surface area contributed by atoms with Crippen LogP contribution in [-0.2, 0) is 6.42 Å². The molecule has 0 saturated heterocycles. The van der Waals surface area contributed by atoms with Crippen molar-refractivity contribution in [2.45, 2.75) is 63.8 Å². The van der Waals surface area contributed by atoms with Crippen LogP contribution < -0.4 is 4.74 Å². The van der Waals surface area contributed by atoms with Gasteiger partial charge >= 0.3 is 0 Å². The molecule has 0 radical (unpaired) electrons. The average molecular weight is 325 g/mol. The van der Waals surface area contributed by atoms with Gasteiger partial charge in [-0.05, 0) is 75.0 Å². The first-order valence-electron chi connectivity index (χ1n) is 9.91. The molecular weight excluding hydrogens is 294 g/mol. The summed E-state index contributed by atoms with van der Waals surface area (Å²) in [5.74, 6) is 1.93. The molecule has 3 aliphatic rings. The van der Waals surface area contributed by atoms with Gasteiger partial charge in [-0.25, -0.2) is 0 Å². The van der Waals surface area contributed by atoms with Crippen LogP contribution in [0.25, 0.3) is 0 Å². The Bertz CT molecular complexity index is 584. The van der Waals surface area contributed by atoms with E-state index >= 15 is 0 Å². The Morgan fingerprint density at radius 1 is 1.00 bits per heavy atom. The van der Waals surface area contributed by atoms with Crippen LogP contribution in [0.5, 0.6) is 5.75 Å². The lowest BCUT2D eigenvalue weighted by molar-refractivity contribution is 0.134. The first-order valence-corrected chi connectivity index (χ1v) is 9.91. The summed E-state index contributed by atoms with van der Waals surface area (Å²) in [4.78, 5) is 2.83. The second-order valence-corrected chi connectivity index (χ2v) is 7.95. The fraction of sp³-hybridized carbons (Fsp3) is 0.636. The highest BCUT2D eigenvalue weighted by Gasteiger charge is 2.33. The monoisotopic (exact) mass is 325 g/mol. The smallest absolute Gasteiger partial charge is 0.118 e. The fourth-order valence-electron chi connectivity index (χ4n) is 4.80. The van der Waals surface area contributed by atoms with Gasteiger partial charge in [0.2, 0.25) is 0 Å². The highest BCUT2D eigenvalue weighted by molar-refractivity contribution is 5.32. The van der Waals surface area contributed by atoms with Gasteiger partial charge in [0.15, 0.2) is 0 Å². The molecule has 0 aromatic heterocycles. The van der Waals surface area contributed by atoms with E-state index in [-0.39, 0.29) is 0 Å². The van der Waals surface area contributed by atoms with Gasteiger partial charge in [0, 0.05) is 19.1 Å². The van der Waals surface area contributed by atoms with E-state index in [9.17, 15) is 0 Å². The molecule has 2 heteroatoms. The number of ether oxygens (including phenoxy) is 1. The van der Waals surface area contributed by atoms with Gasteiger partial charge in [0.05, 0.1) is 7.11 Å². The molecule has 1 fully saturated rings. The lowest BCUT2D eigenvalue weighted by Crippen LogP contribution is -2.46. The van der Waals surface area contributed by atoms with Gasteiger partial charge in [-0.15, -0.1) is 0 Å². The third kappa shape index (κ3) is 3.39. The minimum atomic E-state index is 0.656. The zero-order chi connectivity index (χ0) is 16.4. The summed E-state index contributed by atoms with van der Waals surface area (Å²) in [7, 11) is 1.75. The lowest BCUT2D eigenvalue weighted by Gasteiger charge is -2.44. The van der Waals surface area contributed by atoms with Gasteiger partial charge < -0.3 is 4.74 Å². The highest BCUT2D eigenvalue weighted by atomic mass is 16.5. The van der Waals surface area contributed by atoms with Crippen molar-refractivity contribution >= 4 is 0 Å². The van der Waals surface area contributed by atoms with E-state index in [4.69, 9.17) is 4.74 Å². The van der Waals surface area contributed by atoms with Gasteiger partial charge in [-0.2, -0.15) is 0 Å². The molecule has 0 spiro atoms. The van der Waals surface area contributed by atoms with E-state index in [0.29, 0.717) is 6.04 Å². The summed E-state index contributed by atoms with van der Waals surface area (Å²) in [6.45, 7) is 2.62. The molecule has 1 aromatic rings. The number of benzene rings is 1. The normalized spacial score (nSPS) is 25.3. The van der Waals surface area contributed by atoms with Crippen LogP contribution >= 0.6 is 0 Å². The third-order valence-corrected chi connectivity index (χ3v) is 6.48. The molecule has 4 rings (SSSR count). The molecule has 24 heavy (non-hydrogen) atoms. The Morgan fingerprint density at radius 3 is 2.50 bits per heavy atom. The number of hydrogen-bond acceptors (Lipinski definition) is 2. The predicted molar refractivity (Wildman–Crippen MR) is 99.5 cm³/mol. The van der Waals surface area contributed by atoms with Crippen molar-refractivity contribution in [1.29, 1.82) is 0 Å². The van der Waals surface area contributed by atoms with Crippen molar-refractivity contribution in [2.75, 3.05) is 20.2 Å². The maximum Gasteiger partial charge on any atom is 0.118 e. The van der Waals surface area contributed by atoms with E-state index in [1.165, 1.54) is 76.4 Å². The molecule has 130 valence electrons.